The summed E-state index contributed by atoms with van der Waals surface area (Å²) in [5, 5.41) is 0. The number of aromatic nitrogens is 2. The number of nitrogens with zero attached hydrogens (tertiary/aromatic N) is 1. The van der Waals surface area contributed by atoms with Crippen LogP contribution in [0, 0.1) is 0 Å². The van der Waals surface area contributed by atoms with Gasteiger partial charge in [0.15, 0.2) is 0 Å². The van der Waals surface area contributed by atoms with Crippen LogP contribution < -0.4 is 5.69 Å². The number of hydrogen-bond acceptors (Lipinski definition) is 2. The van der Waals surface area contributed by atoms with E-state index in [-0.39, 0.29) is 5.69 Å². The molecule has 76 valence electrons. The molecule has 1 N–H and O–H groups in total. The number of benzene rings is 1. The van der Waals surface area contributed by atoms with Crippen molar-refractivity contribution in [3.63, 3.8) is 0 Å². The molecule has 1 aromatic heterocycles. The lowest BCUT2D eigenvalue weighted by Crippen LogP contribution is -2.13. The van der Waals surface area contributed by atoms with Gasteiger partial charge in [-0.15, -0.1) is 0 Å². The minimum absolute atomic E-state index is 0.284. The quantitative estimate of drug-likeness (QED) is 0.805. The maximum Gasteiger partial charge on any atom is 0.345 e. The van der Waals surface area contributed by atoms with Gasteiger partial charge in [0.25, 0.3) is 0 Å². The second-order valence-electron chi connectivity index (χ2n) is 3.32. The molecular weight excluding hydrogens is 188 g/mol. The van der Waals surface area contributed by atoms with Crippen molar-refractivity contribution in [3.8, 4) is 11.3 Å². The number of aryl methyl sites for hydroxylation is 1. The molecule has 0 saturated heterocycles. The third kappa shape index (κ3) is 2.13. The predicted molar refractivity (Wildman–Crippen MR) is 59.7 cm³/mol. The van der Waals surface area contributed by atoms with Crippen molar-refractivity contribution in [3.05, 3.63) is 52.6 Å². The van der Waals surface area contributed by atoms with Gasteiger partial charge in [0.05, 0.1) is 5.69 Å². The van der Waals surface area contributed by atoms with Gasteiger partial charge in [-0.1, -0.05) is 37.3 Å². The fraction of sp³-hybridized carbons (Fsp3) is 0.167. The summed E-state index contributed by atoms with van der Waals surface area (Å²) in [7, 11) is 0. The maximum atomic E-state index is 11.3. The highest BCUT2D eigenvalue weighted by Crippen LogP contribution is 2.14. The maximum absolute atomic E-state index is 11.3. The van der Waals surface area contributed by atoms with E-state index in [4.69, 9.17) is 0 Å². The lowest BCUT2D eigenvalue weighted by molar-refractivity contribution is 0.960. The Balaban J connectivity index is 2.54. The number of hydrogen-bond donors (Lipinski definition) is 1. The van der Waals surface area contributed by atoms with Gasteiger partial charge in [0.1, 0.15) is 0 Å². The van der Waals surface area contributed by atoms with E-state index in [0.29, 0.717) is 0 Å². The highest BCUT2D eigenvalue weighted by Gasteiger charge is 2.01. The van der Waals surface area contributed by atoms with Gasteiger partial charge in [-0.05, 0) is 12.5 Å². The van der Waals surface area contributed by atoms with Crippen LogP contribution in [0.4, 0.5) is 0 Å². The van der Waals surface area contributed by atoms with Crippen LogP contribution in [0.15, 0.2) is 41.2 Å². The van der Waals surface area contributed by atoms with E-state index in [1.165, 1.54) is 0 Å². The predicted octanol–water partition coefficient (Wildman–Crippen LogP) is 2.00. The molecule has 0 aliphatic rings. The smallest absolute Gasteiger partial charge is 0.310 e. The molecule has 0 amide bonds. The van der Waals surface area contributed by atoms with Crippen LogP contribution in [0.3, 0.4) is 0 Å². The third-order valence-electron chi connectivity index (χ3n) is 2.25. The van der Waals surface area contributed by atoms with Crippen LogP contribution in [0.2, 0.25) is 0 Å². The highest BCUT2D eigenvalue weighted by molar-refractivity contribution is 5.58. The average molecular weight is 200 g/mol. The standard InChI is InChI=1S/C12H12N2O/c1-2-10-8-11(14-12(15)13-10)9-6-4-3-5-7-9/h3-8H,2H2,1H3,(H,13,14,15). The first-order valence-electron chi connectivity index (χ1n) is 4.95. The van der Waals surface area contributed by atoms with Crippen molar-refractivity contribution >= 4 is 0 Å². The molecule has 1 aromatic carbocycles. The molecule has 0 saturated carbocycles. The molecule has 0 aliphatic heterocycles. The number of H-pyrrole nitrogens is 1. The van der Waals surface area contributed by atoms with Crippen LogP contribution in [0.25, 0.3) is 11.3 Å². The summed E-state index contributed by atoms with van der Waals surface area (Å²) in [5.41, 5.74) is 2.33. The molecular formula is C12H12N2O. The molecule has 15 heavy (non-hydrogen) atoms. The van der Waals surface area contributed by atoms with Crippen LogP contribution >= 0.6 is 0 Å². The summed E-state index contributed by atoms with van der Waals surface area (Å²) < 4.78 is 0. The van der Waals surface area contributed by atoms with Crippen LogP contribution in [0.5, 0.6) is 0 Å². The van der Waals surface area contributed by atoms with E-state index in [1.807, 2.05) is 43.3 Å². The first kappa shape index (κ1) is 9.65. The zero-order chi connectivity index (χ0) is 10.7. The summed E-state index contributed by atoms with van der Waals surface area (Å²) in [6.07, 6.45) is 0.803. The van der Waals surface area contributed by atoms with Gasteiger partial charge < -0.3 is 4.98 Å². The Labute approximate surface area is 87.8 Å². The molecule has 3 nitrogen and oxygen atoms in total. The van der Waals surface area contributed by atoms with E-state index in [2.05, 4.69) is 9.97 Å². The highest BCUT2D eigenvalue weighted by atomic mass is 16.1. The summed E-state index contributed by atoms with van der Waals surface area (Å²) in [4.78, 5) is 17.9. The molecule has 0 fully saturated rings. The Morgan fingerprint density at radius 2 is 2.00 bits per heavy atom. The Hall–Kier alpha value is -1.90. The second-order valence-corrected chi connectivity index (χ2v) is 3.32. The molecule has 1 heterocycles. The van der Waals surface area contributed by atoms with E-state index in [1.54, 1.807) is 0 Å². The Morgan fingerprint density at radius 3 is 2.67 bits per heavy atom. The van der Waals surface area contributed by atoms with Gasteiger partial charge >= 0.3 is 5.69 Å². The zero-order valence-corrected chi connectivity index (χ0v) is 8.53. The first-order valence-corrected chi connectivity index (χ1v) is 4.95. The van der Waals surface area contributed by atoms with Crippen LogP contribution in [-0.2, 0) is 6.42 Å². The minimum Gasteiger partial charge on any atom is -0.310 e. The van der Waals surface area contributed by atoms with Gasteiger partial charge in [-0.3, -0.25) is 0 Å². The molecule has 0 aliphatic carbocycles. The van der Waals surface area contributed by atoms with Gasteiger partial charge in [0, 0.05) is 11.3 Å². The number of aromatic amines is 1. The van der Waals surface area contributed by atoms with E-state index >= 15 is 0 Å². The summed E-state index contributed by atoms with van der Waals surface area (Å²) in [6, 6.07) is 11.6. The summed E-state index contributed by atoms with van der Waals surface area (Å²) in [6.45, 7) is 2.00. The topological polar surface area (TPSA) is 45.8 Å². The number of rotatable bonds is 2. The SMILES string of the molecule is CCc1cc(-c2ccccc2)nc(=O)[nH]1. The van der Waals surface area contributed by atoms with E-state index in [9.17, 15) is 4.79 Å². The Morgan fingerprint density at radius 1 is 1.27 bits per heavy atom. The van der Waals surface area contributed by atoms with Gasteiger partial charge in [-0.2, -0.15) is 4.98 Å². The molecule has 2 rings (SSSR count). The molecule has 2 aromatic rings. The zero-order valence-electron chi connectivity index (χ0n) is 8.53. The molecule has 0 bridgehead atoms. The Bertz CT molecular complexity index is 503. The average Bonchev–Trinajstić information content (AvgIpc) is 2.29. The van der Waals surface area contributed by atoms with Gasteiger partial charge in [0.2, 0.25) is 0 Å². The molecule has 0 unspecified atom stereocenters. The van der Waals surface area contributed by atoms with Gasteiger partial charge in [-0.25, -0.2) is 4.79 Å². The largest absolute Gasteiger partial charge is 0.345 e. The normalized spacial score (nSPS) is 10.2. The first-order chi connectivity index (χ1) is 7.29. The molecule has 0 spiro atoms. The monoisotopic (exact) mass is 200 g/mol. The number of nitrogens with one attached hydrogen (secondary N) is 1. The fourth-order valence-corrected chi connectivity index (χ4v) is 1.46. The Kier molecular flexibility index (Phi) is 2.63. The van der Waals surface area contributed by atoms with Crippen LogP contribution in [0.1, 0.15) is 12.6 Å². The van der Waals surface area contributed by atoms with Crippen molar-refractivity contribution in [2.45, 2.75) is 13.3 Å². The summed E-state index contributed by atoms with van der Waals surface area (Å²) >= 11 is 0. The van der Waals surface area contributed by atoms with Crippen molar-refractivity contribution in [1.29, 1.82) is 0 Å². The van der Waals surface area contributed by atoms with Crippen molar-refractivity contribution in [2.24, 2.45) is 0 Å². The van der Waals surface area contributed by atoms with Crippen molar-refractivity contribution in [1.82, 2.24) is 9.97 Å². The van der Waals surface area contributed by atoms with Crippen molar-refractivity contribution < 1.29 is 0 Å². The third-order valence-corrected chi connectivity index (χ3v) is 2.25. The second kappa shape index (κ2) is 4.09. The molecule has 0 atom stereocenters. The lowest BCUT2D eigenvalue weighted by Gasteiger charge is -2.01. The minimum atomic E-state index is -0.284. The fourth-order valence-electron chi connectivity index (χ4n) is 1.46. The summed E-state index contributed by atoms with van der Waals surface area (Å²) in [5.74, 6) is 0. The van der Waals surface area contributed by atoms with E-state index in [0.717, 1.165) is 23.4 Å². The molecule has 3 heteroatoms. The van der Waals surface area contributed by atoms with Crippen LogP contribution in [-0.4, -0.2) is 9.97 Å². The molecule has 0 radical (unpaired) electrons. The van der Waals surface area contributed by atoms with E-state index < -0.39 is 0 Å². The lowest BCUT2D eigenvalue weighted by atomic mass is 10.1. The van der Waals surface area contributed by atoms with Crippen molar-refractivity contribution in [2.75, 3.05) is 0 Å².